The summed E-state index contributed by atoms with van der Waals surface area (Å²) in [7, 11) is 0. The number of hydrogen-bond donors (Lipinski definition) is 1. The Morgan fingerprint density at radius 2 is 1.88 bits per heavy atom. The number of carbonyl (C=O) groups excluding carboxylic acids is 1. The Kier molecular flexibility index (Phi) is 5.50. The number of aryl methyl sites for hydroxylation is 1. The summed E-state index contributed by atoms with van der Waals surface area (Å²) in [5.74, 6) is -0.337. The number of nitrogens with one attached hydrogen (secondary N) is 1. The van der Waals surface area contributed by atoms with Gasteiger partial charge in [0.25, 0.3) is 5.56 Å². The molecule has 0 fully saturated rings. The van der Waals surface area contributed by atoms with Gasteiger partial charge in [0.2, 0.25) is 5.91 Å². The number of pyridine rings is 1. The minimum atomic E-state index is -0.348. The predicted octanol–water partition coefficient (Wildman–Crippen LogP) is 4.53. The van der Waals surface area contributed by atoms with Crippen LogP contribution in [0.2, 0.25) is 0 Å². The molecule has 3 heterocycles. The molecule has 33 heavy (non-hydrogen) atoms. The van der Waals surface area contributed by atoms with Gasteiger partial charge >= 0.3 is 0 Å². The number of aromatic nitrogens is 4. The smallest absolute Gasteiger partial charge is 0.267 e. The van der Waals surface area contributed by atoms with E-state index in [1.54, 1.807) is 35.9 Å². The maximum absolute atomic E-state index is 12.6. The van der Waals surface area contributed by atoms with Gasteiger partial charge in [-0.2, -0.15) is 5.10 Å². The maximum Gasteiger partial charge on any atom is 0.267 e. The molecule has 0 spiro atoms. The number of rotatable bonds is 5. The van der Waals surface area contributed by atoms with Crippen LogP contribution in [-0.2, 0) is 11.3 Å². The standard InChI is InChI=1S/C25H19N5O2S/c1-16-4-9-21-22(13-16)33-25(28-21)17-5-7-19(8-6-17)27-23(31)15-30-24(32)11-10-20(29-30)18-3-2-12-26-14-18/h2-14H,15H2,1H3,(H,27,31). The minimum Gasteiger partial charge on any atom is -0.324 e. The zero-order chi connectivity index (χ0) is 22.8. The van der Waals surface area contributed by atoms with Gasteiger partial charge in [0, 0.05) is 35.3 Å². The lowest BCUT2D eigenvalue weighted by Crippen LogP contribution is -2.29. The molecule has 0 aliphatic carbocycles. The molecule has 7 nitrogen and oxygen atoms in total. The van der Waals surface area contributed by atoms with Crippen LogP contribution in [0.1, 0.15) is 5.56 Å². The van der Waals surface area contributed by atoms with Crippen molar-refractivity contribution in [2.45, 2.75) is 13.5 Å². The highest BCUT2D eigenvalue weighted by molar-refractivity contribution is 7.21. The number of benzene rings is 2. The number of thiazole rings is 1. The van der Waals surface area contributed by atoms with Crippen molar-refractivity contribution in [3.63, 3.8) is 0 Å². The zero-order valence-corrected chi connectivity index (χ0v) is 18.5. The molecule has 1 amide bonds. The maximum atomic E-state index is 12.6. The van der Waals surface area contributed by atoms with Crippen LogP contribution in [0.15, 0.2) is 83.9 Å². The fourth-order valence-electron chi connectivity index (χ4n) is 3.42. The first-order valence-electron chi connectivity index (χ1n) is 10.3. The van der Waals surface area contributed by atoms with Gasteiger partial charge in [0.1, 0.15) is 11.6 Å². The van der Waals surface area contributed by atoms with Crippen molar-refractivity contribution in [2.75, 3.05) is 5.32 Å². The molecule has 0 aliphatic heterocycles. The minimum absolute atomic E-state index is 0.189. The van der Waals surface area contributed by atoms with Crippen molar-refractivity contribution < 1.29 is 4.79 Å². The lowest BCUT2D eigenvalue weighted by molar-refractivity contribution is -0.117. The van der Waals surface area contributed by atoms with Gasteiger partial charge in [-0.15, -0.1) is 11.3 Å². The Morgan fingerprint density at radius 1 is 1.03 bits per heavy atom. The number of carbonyl (C=O) groups is 1. The predicted molar refractivity (Wildman–Crippen MR) is 130 cm³/mol. The van der Waals surface area contributed by atoms with E-state index in [0.717, 1.165) is 31.0 Å². The second kappa shape index (κ2) is 8.76. The Morgan fingerprint density at radius 3 is 2.67 bits per heavy atom. The largest absolute Gasteiger partial charge is 0.324 e. The molecule has 8 heteroatoms. The van der Waals surface area contributed by atoms with E-state index < -0.39 is 0 Å². The average molecular weight is 454 g/mol. The van der Waals surface area contributed by atoms with E-state index in [0.29, 0.717) is 11.4 Å². The monoisotopic (exact) mass is 453 g/mol. The molecule has 0 aliphatic rings. The third kappa shape index (κ3) is 4.56. The topological polar surface area (TPSA) is 89.8 Å². The third-order valence-electron chi connectivity index (χ3n) is 5.08. The van der Waals surface area contributed by atoms with E-state index >= 15 is 0 Å². The highest BCUT2D eigenvalue weighted by atomic mass is 32.1. The average Bonchev–Trinajstić information content (AvgIpc) is 3.25. The number of fused-ring (bicyclic) bond motifs is 1. The van der Waals surface area contributed by atoms with Crippen LogP contribution in [0.4, 0.5) is 5.69 Å². The quantitative estimate of drug-likeness (QED) is 0.422. The van der Waals surface area contributed by atoms with Crippen molar-refractivity contribution in [1.29, 1.82) is 0 Å². The normalized spacial score (nSPS) is 10.9. The van der Waals surface area contributed by atoms with Crippen LogP contribution in [-0.4, -0.2) is 25.7 Å². The number of hydrogen-bond acceptors (Lipinski definition) is 6. The highest BCUT2D eigenvalue weighted by Gasteiger charge is 2.10. The van der Waals surface area contributed by atoms with Crippen LogP contribution in [0, 0.1) is 6.92 Å². The molecule has 2 aromatic carbocycles. The van der Waals surface area contributed by atoms with Gasteiger partial charge in [-0.3, -0.25) is 14.6 Å². The number of anilines is 1. The van der Waals surface area contributed by atoms with Crippen LogP contribution >= 0.6 is 11.3 Å². The van der Waals surface area contributed by atoms with Gasteiger partial charge in [0.15, 0.2) is 0 Å². The molecule has 5 aromatic rings. The molecule has 5 rings (SSSR count). The molecule has 1 N–H and O–H groups in total. The molecular weight excluding hydrogens is 434 g/mol. The van der Waals surface area contributed by atoms with Gasteiger partial charge < -0.3 is 5.32 Å². The van der Waals surface area contributed by atoms with Crippen LogP contribution in [0.25, 0.3) is 32.0 Å². The van der Waals surface area contributed by atoms with Crippen LogP contribution < -0.4 is 10.9 Å². The van der Waals surface area contributed by atoms with E-state index in [9.17, 15) is 9.59 Å². The van der Waals surface area contributed by atoms with E-state index in [2.05, 4.69) is 34.5 Å². The van der Waals surface area contributed by atoms with Gasteiger partial charge in [-0.1, -0.05) is 6.07 Å². The van der Waals surface area contributed by atoms with Crippen molar-refractivity contribution in [3.8, 4) is 21.8 Å². The summed E-state index contributed by atoms with van der Waals surface area (Å²) in [6, 6.07) is 20.4. The summed E-state index contributed by atoms with van der Waals surface area (Å²) in [5, 5.41) is 8.05. The fourth-order valence-corrected chi connectivity index (χ4v) is 4.49. The Bertz CT molecular complexity index is 1510. The Labute approximate surface area is 193 Å². The molecule has 0 radical (unpaired) electrons. The van der Waals surface area contributed by atoms with E-state index in [-0.39, 0.29) is 18.0 Å². The lowest BCUT2D eigenvalue weighted by atomic mass is 10.2. The third-order valence-corrected chi connectivity index (χ3v) is 6.14. The summed E-state index contributed by atoms with van der Waals surface area (Å²) in [4.78, 5) is 33.5. The summed E-state index contributed by atoms with van der Waals surface area (Å²) in [6.45, 7) is 1.88. The van der Waals surface area contributed by atoms with E-state index in [4.69, 9.17) is 4.98 Å². The van der Waals surface area contributed by atoms with Crippen molar-refractivity contribution in [2.24, 2.45) is 0 Å². The summed E-state index contributed by atoms with van der Waals surface area (Å²) >= 11 is 1.64. The van der Waals surface area contributed by atoms with E-state index in [1.807, 2.05) is 36.4 Å². The fraction of sp³-hybridized carbons (Fsp3) is 0.0800. The van der Waals surface area contributed by atoms with Crippen molar-refractivity contribution in [3.05, 3.63) is 95.0 Å². The first kappa shape index (κ1) is 20.7. The lowest BCUT2D eigenvalue weighted by Gasteiger charge is -2.08. The van der Waals surface area contributed by atoms with Gasteiger partial charge in [-0.25, -0.2) is 9.67 Å². The second-order valence-corrected chi connectivity index (χ2v) is 8.60. The summed E-state index contributed by atoms with van der Waals surface area (Å²) < 4.78 is 2.30. The second-order valence-electron chi connectivity index (χ2n) is 7.57. The van der Waals surface area contributed by atoms with Crippen LogP contribution in [0.3, 0.4) is 0 Å². The SMILES string of the molecule is Cc1ccc2nc(-c3ccc(NC(=O)Cn4nc(-c5cccnc5)ccc4=O)cc3)sc2c1. The molecular formula is C25H19N5O2S. The molecule has 162 valence electrons. The molecule has 0 bridgehead atoms. The molecule has 0 saturated carbocycles. The molecule has 0 unspecified atom stereocenters. The van der Waals surface area contributed by atoms with Gasteiger partial charge in [0.05, 0.1) is 15.9 Å². The first-order chi connectivity index (χ1) is 16.0. The zero-order valence-electron chi connectivity index (χ0n) is 17.7. The summed E-state index contributed by atoms with van der Waals surface area (Å²) in [5.41, 5.74) is 4.79. The highest BCUT2D eigenvalue weighted by Crippen LogP contribution is 2.31. The summed E-state index contributed by atoms with van der Waals surface area (Å²) in [6.07, 6.45) is 3.32. The van der Waals surface area contributed by atoms with E-state index in [1.165, 1.54) is 11.6 Å². The molecule has 3 aromatic heterocycles. The first-order valence-corrected chi connectivity index (χ1v) is 11.1. The Hall–Kier alpha value is -4.17. The Balaban J connectivity index is 1.30. The van der Waals surface area contributed by atoms with Crippen LogP contribution in [0.5, 0.6) is 0 Å². The number of nitrogens with zero attached hydrogens (tertiary/aromatic N) is 4. The van der Waals surface area contributed by atoms with Crippen molar-refractivity contribution >= 4 is 33.1 Å². The molecule has 0 saturated heterocycles. The number of amides is 1. The van der Waals surface area contributed by atoms with Gasteiger partial charge in [-0.05, 0) is 67.1 Å². The van der Waals surface area contributed by atoms with Crippen molar-refractivity contribution in [1.82, 2.24) is 19.7 Å². The molecule has 0 atom stereocenters.